The van der Waals surface area contributed by atoms with Crippen molar-refractivity contribution in [3.63, 3.8) is 0 Å². The Labute approximate surface area is 324 Å². The molecule has 5 N–H and O–H groups in total. The van der Waals surface area contributed by atoms with Crippen LogP contribution in [0.5, 0.6) is 0 Å². The molecule has 4 unspecified atom stereocenters. The Balaban J connectivity index is 1.03. The summed E-state index contributed by atoms with van der Waals surface area (Å²) in [5, 5.41) is 7.95. The highest BCUT2D eigenvalue weighted by Crippen LogP contribution is 2.35. The Morgan fingerprint density at radius 1 is 0.857 bits per heavy atom. The first kappa shape index (κ1) is 38.1. The molecular formula is C40H48N10O6. The molecule has 5 amide bonds. The molecule has 4 atom stereocenters. The highest BCUT2D eigenvalue weighted by atomic mass is 16.5. The molecule has 294 valence electrons. The third-order valence-corrected chi connectivity index (χ3v) is 10.7. The number of benzene rings is 2. The van der Waals surface area contributed by atoms with Crippen molar-refractivity contribution >= 4 is 35.0 Å². The minimum Gasteiger partial charge on any atom is -0.453 e. The van der Waals surface area contributed by atoms with E-state index in [4.69, 9.17) is 14.1 Å². The molecule has 2 fully saturated rings. The van der Waals surface area contributed by atoms with Gasteiger partial charge in [-0.25, -0.2) is 24.5 Å². The number of methoxy groups -OCH3 is 1. The quantitative estimate of drug-likeness (QED) is 0.112. The molecule has 5 aromatic rings. The van der Waals surface area contributed by atoms with Gasteiger partial charge in [-0.15, -0.1) is 0 Å². The molecule has 3 aromatic heterocycles. The van der Waals surface area contributed by atoms with E-state index in [1.54, 1.807) is 17.3 Å². The van der Waals surface area contributed by atoms with Gasteiger partial charge in [0.15, 0.2) is 5.58 Å². The van der Waals surface area contributed by atoms with Gasteiger partial charge in [0.2, 0.25) is 17.7 Å². The zero-order valence-electron chi connectivity index (χ0n) is 32.2. The van der Waals surface area contributed by atoms with Gasteiger partial charge < -0.3 is 44.9 Å². The van der Waals surface area contributed by atoms with E-state index in [2.05, 4.69) is 35.9 Å². The van der Waals surface area contributed by atoms with Gasteiger partial charge in [0, 0.05) is 31.3 Å². The molecule has 0 bridgehead atoms. The second-order valence-corrected chi connectivity index (χ2v) is 14.6. The first-order chi connectivity index (χ1) is 27.1. The third kappa shape index (κ3) is 7.68. The number of urea groups is 1. The standard InChI is InChI=1S/C40H48N10O6/c1-6-26(47-39(53)41-4)37(51)49-17-7-9-30(49)34-42-20-28(44-34)23-11-13-24(14-12-23)36-46-27-16-15-25(19-32(27)56-36)29-21-43-35(45-29)31-10-8-18-50(31)38(52)33(22(2)3)48-40(54)55-5/h11-16,19-22,26,30-31,33H,6-10,17-18H2,1-5H3,(H,42,44)(H,43,45)(H,48,54)(H2,41,47,53). The summed E-state index contributed by atoms with van der Waals surface area (Å²) in [7, 11) is 2.81. The number of aromatic nitrogens is 5. The van der Waals surface area contributed by atoms with E-state index in [0.29, 0.717) is 48.1 Å². The molecule has 0 saturated carbocycles. The Morgan fingerprint density at radius 2 is 1.45 bits per heavy atom. The molecule has 2 aliphatic heterocycles. The predicted octanol–water partition coefficient (Wildman–Crippen LogP) is 5.69. The number of carbonyl (C=O) groups is 4. The number of oxazole rings is 1. The molecule has 2 saturated heterocycles. The number of ether oxygens (including phenoxy) is 1. The Hall–Kier alpha value is -6.19. The van der Waals surface area contributed by atoms with Crippen LogP contribution in [0.3, 0.4) is 0 Å². The van der Waals surface area contributed by atoms with Crippen LogP contribution in [-0.4, -0.2) is 98.0 Å². The van der Waals surface area contributed by atoms with Crippen molar-refractivity contribution in [1.82, 2.24) is 50.7 Å². The van der Waals surface area contributed by atoms with Gasteiger partial charge >= 0.3 is 12.1 Å². The lowest BCUT2D eigenvalue weighted by Crippen LogP contribution is -2.51. The molecule has 56 heavy (non-hydrogen) atoms. The Kier molecular flexibility index (Phi) is 11.1. The van der Waals surface area contributed by atoms with E-state index >= 15 is 0 Å². The van der Waals surface area contributed by atoms with Crippen LogP contribution in [0.25, 0.3) is 45.1 Å². The van der Waals surface area contributed by atoms with Crippen molar-refractivity contribution < 1.29 is 28.3 Å². The largest absolute Gasteiger partial charge is 0.453 e. The van der Waals surface area contributed by atoms with Crippen LogP contribution in [0.2, 0.25) is 0 Å². The topological polar surface area (TPSA) is 203 Å². The van der Waals surface area contributed by atoms with Crippen molar-refractivity contribution in [3.8, 4) is 34.0 Å². The van der Waals surface area contributed by atoms with E-state index in [1.165, 1.54) is 14.2 Å². The summed E-state index contributed by atoms with van der Waals surface area (Å²) in [6.45, 7) is 6.84. The molecule has 16 nitrogen and oxygen atoms in total. The van der Waals surface area contributed by atoms with Gasteiger partial charge in [0.1, 0.15) is 29.2 Å². The molecule has 0 aliphatic carbocycles. The fraction of sp³-hybridized carbons (Fsp3) is 0.425. The molecule has 7 rings (SSSR count). The maximum absolute atomic E-state index is 13.6. The van der Waals surface area contributed by atoms with E-state index in [1.807, 2.05) is 68.1 Å². The highest BCUT2D eigenvalue weighted by Gasteiger charge is 2.38. The SMILES string of the molecule is CCC(NC(=O)NC)C(=O)N1CCCC1c1ncc(-c2ccc(-c3nc4ccc(-c5cnc(C6CCCN6C(=O)C(NC(=O)OC)C(C)C)[nH]5)cc4o3)cc2)[nH]1. The van der Waals surface area contributed by atoms with Crippen LogP contribution in [0.1, 0.15) is 76.6 Å². The summed E-state index contributed by atoms with van der Waals surface area (Å²) >= 11 is 0. The predicted molar refractivity (Wildman–Crippen MR) is 208 cm³/mol. The zero-order chi connectivity index (χ0) is 39.5. The monoisotopic (exact) mass is 764 g/mol. The first-order valence-electron chi connectivity index (χ1n) is 19.1. The normalized spacial score (nSPS) is 18.0. The summed E-state index contributed by atoms with van der Waals surface area (Å²) in [6.07, 6.45) is 6.61. The number of alkyl carbamates (subject to hydrolysis) is 1. The van der Waals surface area contributed by atoms with E-state index in [0.717, 1.165) is 53.8 Å². The minimum atomic E-state index is -0.706. The van der Waals surface area contributed by atoms with Crippen molar-refractivity contribution in [3.05, 3.63) is 66.5 Å². The second-order valence-electron chi connectivity index (χ2n) is 14.6. The van der Waals surface area contributed by atoms with Crippen LogP contribution < -0.4 is 16.0 Å². The number of hydrogen-bond donors (Lipinski definition) is 5. The number of nitrogens with zero attached hydrogens (tertiary/aromatic N) is 5. The summed E-state index contributed by atoms with van der Waals surface area (Å²) < 4.78 is 11.0. The average Bonchev–Trinajstić information content (AvgIpc) is 4.06. The molecule has 5 heterocycles. The Bertz CT molecular complexity index is 2210. The fourth-order valence-corrected chi connectivity index (χ4v) is 7.59. The Morgan fingerprint density at radius 3 is 2.04 bits per heavy atom. The highest BCUT2D eigenvalue weighted by molar-refractivity contribution is 5.88. The third-order valence-electron chi connectivity index (χ3n) is 10.7. The van der Waals surface area contributed by atoms with Crippen molar-refractivity contribution in [1.29, 1.82) is 0 Å². The number of rotatable bonds is 11. The van der Waals surface area contributed by atoms with Crippen LogP contribution in [0, 0.1) is 5.92 Å². The van der Waals surface area contributed by atoms with E-state index in [-0.39, 0.29) is 35.8 Å². The number of amides is 5. The molecule has 0 spiro atoms. The number of fused-ring (bicyclic) bond motifs is 1. The van der Waals surface area contributed by atoms with E-state index in [9.17, 15) is 19.2 Å². The van der Waals surface area contributed by atoms with Gasteiger partial charge in [-0.3, -0.25) is 9.59 Å². The molecule has 2 aliphatic rings. The zero-order valence-corrected chi connectivity index (χ0v) is 32.2. The average molecular weight is 765 g/mol. The van der Waals surface area contributed by atoms with Crippen molar-refractivity contribution in [2.45, 2.75) is 77.0 Å². The van der Waals surface area contributed by atoms with Gasteiger partial charge in [-0.2, -0.15) is 0 Å². The lowest BCUT2D eigenvalue weighted by atomic mass is 10.0. The number of likely N-dealkylation sites (tertiary alicyclic amines) is 2. The number of aromatic amines is 2. The number of carbonyl (C=O) groups excluding carboxylic acids is 4. The maximum Gasteiger partial charge on any atom is 0.407 e. The lowest BCUT2D eigenvalue weighted by molar-refractivity contribution is -0.135. The lowest BCUT2D eigenvalue weighted by Gasteiger charge is -2.30. The smallest absolute Gasteiger partial charge is 0.407 e. The van der Waals surface area contributed by atoms with Gasteiger partial charge in [0.25, 0.3) is 0 Å². The molecular weight excluding hydrogens is 717 g/mol. The summed E-state index contributed by atoms with van der Waals surface area (Å²) in [4.78, 5) is 75.3. The van der Waals surface area contributed by atoms with Gasteiger partial charge in [-0.1, -0.05) is 39.0 Å². The number of H-pyrrole nitrogens is 2. The van der Waals surface area contributed by atoms with Crippen LogP contribution in [0.15, 0.2) is 59.3 Å². The number of imidazole rings is 2. The van der Waals surface area contributed by atoms with Crippen LogP contribution in [0.4, 0.5) is 9.59 Å². The maximum atomic E-state index is 13.6. The summed E-state index contributed by atoms with van der Waals surface area (Å²) in [5.41, 5.74) is 5.53. The fourth-order valence-electron chi connectivity index (χ4n) is 7.59. The van der Waals surface area contributed by atoms with Crippen LogP contribution >= 0.6 is 0 Å². The summed E-state index contributed by atoms with van der Waals surface area (Å²) in [6, 6.07) is 11.5. The minimum absolute atomic E-state index is 0.114. The van der Waals surface area contributed by atoms with Gasteiger partial charge in [-0.05, 0) is 67.9 Å². The second kappa shape index (κ2) is 16.3. The van der Waals surface area contributed by atoms with Crippen molar-refractivity contribution in [2.24, 2.45) is 5.92 Å². The van der Waals surface area contributed by atoms with Gasteiger partial charge in [0.05, 0.1) is 43.0 Å². The number of hydrogen-bond acceptors (Lipinski definition) is 9. The molecule has 2 aromatic carbocycles. The first-order valence-corrected chi connectivity index (χ1v) is 19.1. The van der Waals surface area contributed by atoms with Crippen molar-refractivity contribution in [2.75, 3.05) is 27.2 Å². The summed E-state index contributed by atoms with van der Waals surface area (Å²) in [5.74, 6) is 1.49. The molecule has 0 radical (unpaired) electrons. The van der Waals surface area contributed by atoms with E-state index < -0.39 is 18.2 Å². The number of nitrogens with one attached hydrogen (secondary N) is 5. The van der Waals surface area contributed by atoms with Crippen LogP contribution in [-0.2, 0) is 14.3 Å². The molecule has 16 heteroatoms.